The van der Waals surface area contributed by atoms with Crippen LogP contribution < -0.4 is 0 Å². The number of likely N-dealkylation sites (N-methyl/N-ethyl adjacent to an activating group) is 1. The van der Waals surface area contributed by atoms with Gasteiger partial charge >= 0.3 is 0 Å². The van der Waals surface area contributed by atoms with Crippen LogP contribution in [0.1, 0.15) is 27.2 Å². The molecule has 0 amide bonds. The molecule has 1 aliphatic rings. The number of alkyl halides is 1. The van der Waals surface area contributed by atoms with Crippen LogP contribution in [0.4, 0.5) is 4.39 Å². The zero-order chi connectivity index (χ0) is 10.1. The maximum absolute atomic E-state index is 12.9. The minimum absolute atomic E-state index is 0.116. The third kappa shape index (κ3) is 3.61. The molecule has 0 spiro atoms. The van der Waals surface area contributed by atoms with Crippen LogP contribution in [0.5, 0.6) is 0 Å². The highest BCUT2D eigenvalue weighted by Gasteiger charge is 2.30. The second kappa shape index (κ2) is 3.93. The van der Waals surface area contributed by atoms with E-state index in [2.05, 4.69) is 0 Å². The number of rotatable bonds is 2. The molecule has 1 rings (SSSR count). The molecule has 0 radical (unpaired) electrons. The van der Waals surface area contributed by atoms with E-state index in [0.29, 0.717) is 19.6 Å². The van der Waals surface area contributed by atoms with Crippen molar-refractivity contribution in [1.29, 1.82) is 0 Å². The van der Waals surface area contributed by atoms with Gasteiger partial charge in [0.05, 0.1) is 12.2 Å². The first-order valence-electron chi connectivity index (χ1n) is 4.87. The summed E-state index contributed by atoms with van der Waals surface area (Å²) in [4.78, 5) is 2.04. The molecule has 0 aromatic heterocycles. The molecule has 1 fully saturated rings. The zero-order valence-electron chi connectivity index (χ0n) is 9.01. The summed E-state index contributed by atoms with van der Waals surface area (Å²) in [5.41, 5.74) is -0.116. The molecule has 0 saturated carbocycles. The summed E-state index contributed by atoms with van der Waals surface area (Å²) in [6.07, 6.45) is -0.0504. The molecule has 1 aliphatic heterocycles. The van der Waals surface area contributed by atoms with Crippen molar-refractivity contribution in [2.75, 3.05) is 20.2 Å². The Morgan fingerprint density at radius 2 is 2.08 bits per heavy atom. The van der Waals surface area contributed by atoms with E-state index in [1.54, 1.807) is 0 Å². The van der Waals surface area contributed by atoms with E-state index in [4.69, 9.17) is 4.74 Å². The van der Waals surface area contributed by atoms with Crippen molar-refractivity contribution in [2.45, 2.75) is 45.0 Å². The lowest BCUT2D eigenvalue weighted by Crippen LogP contribution is -2.33. The normalized spacial score (nSPS) is 31.2. The second-order valence-electron chi connectivity index (χ2n) is 4.85. The number of likely N-dealkylation sites (tertiary alicyclic amines) is 1. The van der Waals surface area contributed by atoms with Gasteiger partial charge in [0.1, 0.15) is 6.17 Å². The first kappa shape index (κ1) is 10.9. The van der Waals surface area contributed by atoms with Gasteiger partial charge < -0.3 is 4.74 Å². The molecule has 0 aromatic rings. The van der Waals surface area contributed by atoms with Crippen LogP contribution >= 0.6 is 0 Å². The van der Waals surface area contributed by atoms with Crippen LogP contribution in [-0.4, -0.2) is 42.9 Å². The average Bonchev–Trinajstić information content (AvgIpc) is 2.24. The summed E-state index contributed by atoms with van der Waals surface area (Å²) in [7, 11) is 1.95. The Morgan fingerprint density at radius 1 is 1.46 bits per heavy atom. The van der Waals surface area contributed by atoms with Gasteiger partial charge in [-0.05, 0) is 34.2 Å². The minimum Gasteiger partial charge on any atom is -0.374 e. The van der Waals surface area contributed by atoms with Crippen LogP contribution in [0.2, 0.25) is 0 Å². The SMILES string of the molecule is CN1C[C@@H](F)C[C@H]1COC(C)(C)C. The van der Waals surface area contributed by atoms with E-state index < -0.39 is 6.17 Å². The Balaban J connectivity index is 2.30. The summed E-state index contributed by atoms with van der Waals surface area (Å²) < 4.78 is 18.6. The Bertz CT molecular complexity index is 167. The predicted octanol–water partition coefficient (Wildman–Crippen LogP) is 1.84. The highest BCUT2D eigenvalue weighted by molar-refractivity contribution is 4.83. The maximum atomic E-state index is 12.9. The summed E-state index contributed by atoms with van der Waals surface area (Å²) in [6, 6.07) is 0.259. The number of nitrogens with zero attached hydrogens (tertiary/aromatic N) is 1. The molecular formula is C10H20FNO. The Morgan fingerprint density at radius 3 is 2.46 bits per heavy atom. The molecule has 13 heavy (non-hydrogen) atoms. The van der Waals surface area contributed by atoms with Crippen LogP contribution in [0.15, 0.2) is 0 Å². The largest absolute Gasteiger partial charge is 0.374 e. The van der Waals surface area contributed by atoms with Crippen molar-refractivity contribution in [3.05, 3.63) is 0 Å². The van der Waals surface area contributed by atoms with Crippen molar-refractivity contribution in [1.82, 2.24) is 4.90 Å². The number of ether oxygens (including phenoxy) is 1. The van der Waals surface area contributed by atoms with E-state index in [0.717, 1.165) is 0 Å². The van der Waals surface area contributed by atoms with Gasteiger partial charge in [0.15, 0.2) is 0 Å². The van der Waals surface area contributed by atoms with Crippen molar-refractivity contribution in [3.63, 3.8) is 0 Å². The fourth-order valence-corrected chi connectivity index (χ4v) is 1.55. The third-order valence-corrected chi connectivity index (χ3v) is 2.35. The maximum Gasteiger partial charge on any atom is 0.114 e. The quantitative estimate of drug-likeness (QED) is 0.657. The molecule has 2 atom stereocenters. The van der Waals surface area contributed by atoms with Gasteiger partial charge in [-0.1, -0.05) is 0 Å². The molecule has 78 valence electrons. The Labute approximate surface area is 80.1 Å². The van der Waals surface area contributed by atoms with Crippen molar-refractivity contribution in [3.8, 4) is 0 Å². The highest BCUT2D eigenvalue weighted by atomic mass is 19.1. The van der Waals surface area contributed by atoms with Crippen molar-refractivity contribution >= 4 is 0 Å². The van der Waals surface area contributed by atoms with Crippen LogP contribution in [0, 0.1) is 0 Å². The van der Waals surface area contributed by atoms with Gasteiger partial charge in [-0.3, -0.25) is 4.90 Å². The lowest BCUT2D eigenvalue weighted by molar-refractivity contribution is -0.0253. The van der Waals surface area contributed by atoms with Crippen LogP contribution in [0.3, 0.4) is 0 Å². The predicted molar refractivity (Wildman–Crippen MR) is 51.6 cm³/mol. The van der Waals surface area contributed by atoms with Gasteiger partial charge in [0.2, 0.25) is 0 Å². The van der Waals surface area contributed by atoms with E-state index in [-0.39, 0.29) is 11.6 Å². The van der Waals surface area contributed by atoms with Gasteiger partial charge in [0.25, 0.3) is 0 Å². The minimum atomic E-state index is -0.668. The van der Waals surface area contributed by atoms with Gasteiger partial charge in [-0.15, -0.1) is 0 Å². The first-order valence-corrected chi connectivity index (χ1v) is 4.87. The number of hydrogen-bond donors (Lipinski definition) is 0. The number of halogens is 1. The topological polar surface area (TPSA) is 12.5 Å². The summed E-state index contributed by atoms with van der Waals surface area (Å²) >= 11 is 0. The lowest BCUT2D eigenvalue weighted by Gasteiger charge is -2.25. The van der Waals surface area contributed by atoms with Gasteiger partial charge in [-0.25, -0.2) is 4.39 Å². The molecule has 0 aromatic carbocycles. The van der Waals surface area contributed by atoms with Crippen molar-refractivity contribution in [2.24, 2.45) is 0 Å². The smallest absolute Gasteiger partial charge is 0.114 e. The molecule has 0 unspecified atom stereocenters. The number of hydrogen-bond acceptors (Lipinski definition) is 2. The standard InChI is InChI=1S/C10H20FNO/c1-10(2,3)13-7-9-5-8(11)6-12(9)4/h8-9H,5-7H2,1-4H3/t8-,9-/m0/s1. The van der Waals surface area contributed by atoms with Gasteiger partial charge in [-0.2, -0.15) is 0 Å². The summed E-state index contributed by atoms with van der Waals surface area (Å²) in [6.45, 7) is 7.26. The monoisotopic (exact) mass is 189 g/mol. The third-order valence-electron chi connectivity index (χ3n) is 2.35. The molecule has 0 bridgehead atoms. The van der Waals surface area contributed by atoms with E-state index in [9.17, 15) is 4.39 Å². The van der Waals surface area contributed by atoms with E-state index in [1.807, 2.05) is 32.7 Å². The van der Waals surface area contributed by atoms with E-state index >= 15 is 0 Å². The Hall–Kier alpha value is -0.150. The van der Waals surface area contributed by atoms with E-state index in [1.165, 1.54) is 0 Å². The highest BCUT2D eigenvalue weighted by Crippen LogP contribution is 2.20. The molecule has 0 N–H and O–H groups in total. The fourth-order valence-electron chi connectivity index (χ4n) is 1.55. The molecule has 0 aliphatic carbocycles. The van der Waals surface area contributed by atoms with Crippen LogP contribution in [-0.2, 0) is 4.74 Å². The zero-order valence-corrected chi connectivity index (χ0v) is 9.01. The summed E-state index contributed by atoms with van der Waals surface area (Å²) in [5.74, 6) is 0. The molecular weight excluding hydrogens is 169 g/mol. The van der Waals surface area contributed by atoms with Crippen molar-refractivity contribution < 1.29 is 9.13 Å². The lowest BCUT2D eigenvalue weighted by atomic mass is 10.2. The molecule has 1 saturated heterocycles. The summed E-state index contributed by atoms with van der Waals surface area (Å²) in [5, 5.41) is 0. The molecule has 2 nitrogen and oxygen atoms in total. The van der Waals surface area contributed by atoms with Crippen LogP contribution in [0.25, 0.3) is 0 Å². The molecule has 3 heteroatoms. The van der Waals surface area contributed by atoms with Gasteiger partial charge in [0, 0.05) is 12.6 Å². The second-order valence-corrected chi connectivity index (χ2v) is 4.85. The fraction of sp³-hybridized carbons (Fsp3) is 1.00. The average molecular weight is 189 g/mol. The first-order chi connectivity index (χ1) is 5.88. The Kier molecular flexibility index (Phi) is 3.30. The molecule has 1 heterocycles.